The Hall–Kier alpha value is -2.40. The highest BCUT2D eigenvalue weighted by Crippen LogP contribution is 2.26. The van der Waals surface area contributed by atoms with E-state index < -0.39 is 11.1 Å². The summed E-state index contributed by atoms with van der Waals surface area (Å²) in [6, 6.07) is 3.57. The van der Waals surface area contributed by atoms with Crippen LogP contribution in [0.15, 0.2) is 38.1 Å². The smallest absolute Gasteiger partial charge is 0.265 e. The molecule has 2 heterocycles. The summed E-state index contributed by atoms with van der Waals surface area (Å²) in [4.78, 5) is 30.3. The first-order chi connectivity index (χ1) is 8.61. The number of nitrogens with zero attached hydrogens (tertiary/aromatic N) is 4. The molecule has 0 saturated carbocycles. The number of rotatable bonds is 2. The molecule has 0 saturated heterocycles. The Kier molecular flexibility index (Phi) is 3.25. The van der Waals surface area contributed by atoms with Crippen LogP contribution in [0, 0.1) is 11.3 Å². The van der Waals surface area contributed by atoms with Crippen molar-refractivity contribution in [3.63, 3.8) is 0 Å². The molecule has 0 atom stereocenters. The topological polar surface area (TPSA) is 104 Å². The van der Waals surface area contributed by atoms with Gasteiger partial charge in [-0.1, -0.05) is 0 Å². The Morgan fingerprint density at radius 3 is 3.00 bits per heavy atom. The molecule has 18 heavy (non-hydrogen) atoms. The van der Waals surface area contributed by atoms with Crippen molar-refractivity contribution in [1.82, 2.24) is 19.7 Å². The highest BCUT2D eigenvalue weighted by molar-refractivity contribution is 7.99. The summed E-state index contributed by atoms with van der Waals surface area (Å²) in [7, 11) is 1.55. The largest absolute Gasteiger partial charge is 0.339 e. The molecule has 0 aromatic carbocycles. The van der Waals surface area contributed by atoms with Crippen LogP contribution in [0.3, 0.4) is 0 Å². The van der Waals surface area contributed by atoms with E-state index in [1.165, 1.54) is 17.1 Å². The van der Waals surface area contributed by atoms with Gasteiger partial charge in [0.15, 0.2) is 5.16 Å². The van der Waals surface area contributed by atoms with E-state index in [0.717, 1.165) is 11.8 Å². The molecular formula is C10H7N5O2S. The fourth-order valence-corrected chi connectivity index (χ4v) is 2.05. The van der Waals surface area contributed by atoms with Gasteiger partial charge in [-0.3, -0.25) is 24.4 Å². The van der Waals surface area contributed by atoms with Gasteiger partial charge in [0.1, 0.15) is 6.07 Å². The second-order valence-corrected chi connectivity index (χ2v) is 4.29. The van der Waals surface area contributed by atoms with Gasteiger partial charge in [-0.05, 0) is 17.8 Å². The van der Waals surface area contributed by atoms with Crippen LogP contribution in [0.25, 0.3) is 0 Å². The average molecular weight is 261 g/mol. The summed E-state index contributed by atoms with van der Waals surface area (Å²) >= 11 is 1.08. The van der Waals surface area contributed by atoms with E-state index in [4.69, 9.17) is 5.26 Å². The van der Waals surface area contributed by atoms with E-state index in [-0.39, 0.29) is 5.16 Å². The second kappa shape index (κ2) is 4.85. The zero-order valence-electron chi connectivity index (χ0n) is 9.25. The van der Waals surface area contributed by atoms with Gasteiger partial charge in [0.25, 0.3) is 0 Å². The van der Waals surface area contributed by atoms with E-state index in [9.17, 15) is 9.59 Å². The molecule has 90 valence electrons. The van der Waals surface area contributed by atoms with Crippen LogP contribution in [-0.2, 0) is 7.05 Å². The van der Waals surface area contributed by atoms with Gasteiger partial charge in [0.05, 0.1) is 10.5 Å². The third kappa shape index (κ3) is 2.31. The lowest BCUT2D eigenvalue weighted by Crippen LogP contribution is -2.33. The monoisotopic (exact) mass is 261 g/mol. The standard InChI is InChI=1S/C10H7N5O2S/c1-15-10(13-8(16)9(17)14-15)18-7-5-12-3-2-6(7)4-11/h2-3,5H,1H3,(H,14,17). The third-order valence-electron chi connectivity index (χ3n) is 2.05. The van der Waals surface area contributed by atoms with E-state index in [1.807, 2.05) is 6.07 Å². The molecule has 0 unspecified atom stereocenters. The minimum atomic E-state index is -0.863. The lowest BCUT2D eigenvalue weighted by molar-refractivity contribution is 0.596. The van der Waals surface area contributed by atoms with Crippen molar-refractivity contribution < 1.29 is 0 Å². The number of nitrogens with one attached hydrogen (secondary N) is 1. The van der Waals surface area contributed by atoms with Crippen molar-refractivity contribution in [2.75, 3.05) is 0 Å². The second-order valence-electron chi connectivity index (χ2n) is 3.29. The molecule has 0 spiro atoms. The quantitative estimate of drug-likeness (QED) is 0.756. The molecule has 2 aromatic heterocycles. The number of aromatic amines is 1. The van der Waals surface area contributed by atoms with Gasteiger partial charge in [-0.15, -0.1) is 0 Å². The van der Waals surface area contributed by atoms with Crippen molar-refractivity contribution in [3.05, 3.63) is 44.7 Å². The fourth-order valence-electron chi connectivity index (χ4n) is 1.20. The first-order valence-electron chi connectivity index (χ1n) is 4.81. The van der Waals surface area contributed by atoms with Crippen LogP contribution in [0.5, 0.6) is 0 Å². The zero-order chi connectivity index (χ0) is 13.1. The molecule has 8 heteroatoms. The minimum absolute atomic E-state index is 0.282. The Balaban J connectivity index is 2.47. The molecule has 0 aliphatic heterocycles. The lowest BCUT2D eigenvalue weighted by Gasteiger charge is -2.06. The summed E-state index contributed by atoms with van der Waals surface area (Å²) in [5, 5.41) is 11.5. The Morgan fingerprint density at radius 2 is 2.28 bits per heavy atom. The third-order valence-corrected chi connectivity index (χ3v) is 3.15. The molecule has 2 rings (SSSR count). The molecule has 0 aliphatic rings. The number of hydrogen-bond donors (Lipinski definition) is 1. The average Bonchev–Trinajstić information content (AvgIpc) is 2.36. The van der Waals surface area contributed by atoms with Gasteiger partial charge < -0.3 is 0 Å². The normalized spacial score (nSPS) is 10.0. The molecule has 0 fully saturated rings. The number of nitriles is 1. The van der Waals surface area contributed by atoms with Gasteiger partial charge in [0, 0.05) is 19.4 Å². The SMILES string of the molecule is Cn1[nH]c(=O)c(=O)nc1Sc1cnccc1C#N. The van der Waals surface area contributed by atoms with E-state index in [0.29, 0.717) is 10.5 Å². The van der Waals surface area contributed by atoms with Crippen LogP contribution in [0.2, 0.25) is 0 Å². The summed E-state index contributed by atoms with van der Waals surface area (Å²) in [6.07, 6.45) is 3.00. The molecule has 7 nitrogen and oxygen atoms in total. The van der Waals surface area contributed by atoms with Crippen molar-refractivity contribution >= 4 is 11.8 Å². The summed E-state index contributed by atoms with van der Waals surface area (Å²) in [5.74, 6) is 0. The van der Waals surface area contributed by atoms with Crippen molar-refractivity contribution in [2.24, 2.45) is 7.05 Å². The predicted octanol–water partition coefficient (Wildman–Crippen LogP) is -0.114. The first-order valence-corrected chi connectivity index (χ1v) is 5.63. The molecule has 1 N–H and O–H groups in total. The highest BCUT2D eigenvalue weighted by atomic mass is 32.2. The lowest BCUT2D eigenvalue weighted by atomic mass is 10.3. The van der Waals surface area contributed by atoms with Gasteiger partial charge in [-0.25, -0.2) is 0 Å². The molecule has 0 aliphatic carbocycles. The minimum Gasteiger partial charge on any atom is -0.265 e. The van der Waals surface area contributed by atoms with Gasteiger partial charge in [-0.2, -0.15) is 10.2 Å². The van der Waals surface area contributed by atoms with E-state index in [2.05, 4.69) is 15.1 Å². The van der Waals surface area contributed by atoms with Gasteiger partial charge >= 0.3 is 11.1 Å². The molecular weight excluding hydrogens is 254 g/mol. The van der Waals surface area contributed by atoms with E-state index >= 15 is 0 Å². The predicted molar refractivity (Wildman–Crippen MR) is 63.2 cm³/mol. The number of pyridine rings is 1. The Labute approximate surface area is 105 Å². The molecule has 0 radical (unpaired) electrons. The van der Waals surface area contributed by atoms with Crippen LogP contribution in [0.1, 0.15) is 5.56 Å². The Morgan fingerprint density at radius 1 is 1.50 bits per heavy atom. The van der Waals surface area contributed by atoms with Gasteiger partial charge in [0.2, 0.25) is 0 Å². The van der Waals surface area contributed by atoms with E-state index in [1.54, 1.807) is 13.1 Å². The van der Waals surface area contributed by atoms with Crippen molar-refractivity contribution in [1.29, 1.82) is 5.26 Å². The van der Waals surface area contributed by atoms with Crippen molar-refractivity contribution in [2.45, 2.75) is 10.1 Å². The number of aryl methyl sites for hydroxylation is 1. The maximum Gasteiger partial charge on any atom is 0.339 e. The first kappa shape index (κ1) is 12.1. The number of hydrogen-bond acceptors (Lipinski definition) is 6. The summed E-state index contributed by atoms with van der Waals surface area (Å²) < 4.78 is 1.32. The van der Waals surface area contributed by atoms with Crippen LogP contribution in [-0.4, -0.2) is 19.7 Å². The van der Waals surface area contributed by atoms with Crippen LogP contribution in [0.4, 0.5) is 0 Å². The number of aromatic nitrogens is 4. The molecule has 2 aromatic rings. The van der Waals surface area contributed by atoms with Crippen molar-refractivity contribution in [3.8, 4) is 6.07 Å². The van der Waals surface area contributed by atoms with Crippen LogP contribution >= 0.6 is 11.8 Å². The molecule has 0 bridgehead atoms. The molecule has 0 amide bonds. The number of H-pyrrole nitrogens is 1. The zero-order valence-corrected chi connectivity index (χ0v) is 10.1. The Bertz CT molecular complexity index is 743. The maximum atomic E-state index is 11.2. The van der Waals surface area contributed by atoms with Crippen LogP contribution < -0.4 is 11.1 Å². The maximum absolute atomic E-state index is 11.2. The highest BCUT2D eigenvalue weighted by Gasteiger charge is 2.09. The summed E-state index contributed by atoms with van der Waals surface area (Å²) in [6.45, 7) is 0. The summed E-state index contributed by atoms with van der Waals surface area (Å²) in [5.41, 5.74) is -1.22. The fraction of sp³-hybridized carbons (Fsp3) is 0.100.